The summed E-state index contributed by atoms with van der Waals surface area (Å²) in [5.41, 5.74) is 1.49. The van der Waals surface area contributed by atoms with E-state index in [4.69, 9.17) is 4.42 Å². The Hall–Kier alpha value is -2.40. The van der Waals surface area contributed by atoms with Crippen molar-refractivity contribution in [2.24, 2.45) is 0 Å². The van der Waals surface area contributed by atoms with Gasteiger partial charge in [-0.15, -0.1) is 0 Å². The van der Waals surface area contributed by atoms with Crippen molar-refractivity contribution >= 4 is 17.2 Å². The van der Waals surface area contributed by atoms with E-state index in [0.717, 1.165) is 29.7 Å². The zero-order valence-electron chi connectivity index (χ0n) is 13.7. The molecule has 5 heteroatoms. The Balaban J connectivity index is 1.61. The summed E-state index contributed by atoms with van der Waals surface area (Å²) < 4.78 is 18.7. The minimum atomic E-state index is -0.518. The van der Waals surface area contributed by atoms with Gasteiger partial charge in [-0.05, 0) is 65.1 Å². The number of hydrogen-bond donors (Lipinski definition) is 0. The van der Waals surface area contributed by atoms with Crippen molar-refractivity contribution in [3.05, 3.63) is 82.2 Å². The summed E-state index contributed by atoms with van der Waals surface area (Å²) >= 11 is 1.62. The molecule has 1 saturated carbocycles. The Bertz CT molecular complexity index is 800. The Morgan fingerprint density at radius 1 is 1.16 bits per heavy atom. The average molecular weight is 355 g/mol. The lowest BCUT2D eigenvalue weighted by Gasteiger charge is -2.27. The molecule has 0 unspecified atom stereocenters. The molecular weight excluding hydrogens is 337 g/mol. The number of thiophene rings is 1. The van der Waals surface area contributed by atoms with Gasteiger partial charge in [-0.1, -0.05) is 12.1 Å². The molecular formula is C20H18FNO2S. The fourth-order valence-electron chi connectivity index (χ4n) is 3.22. The van der Waals surface area contributed by atoms with Crippen LogP contribution in [0.15, 0.2) is 63.9 Å². The standard InChI is InChI=1S/C20H18FNO2S/c21-17-5-3-16(4-6-17)20(8-9-20)19(23)22(12-15-7-11-25-14-15)13-18-2-1-10-24-18/h1-7,10-11,14H,8-9,12-13H2. The number of amides is 1. The highest BCUT2D eigenvalue weighted by molar-refractivity contribution is 7.07. The van der Waals surface area contributed by atoms with Crippen molar-refractivity contribution in [1.82, 2.24) is 4.90 Å². The van der Waals surface area contributed by atoms with Crippen LogP contribution in [-0.4, -0.2) is 10.8 Å². The van der Waals surface area contributed by atoms with Gasteiger partial charge in [0.25, 0.3) is 0 Å². The first kappa shape index (κ1) is 16.1. The molecule has 0 N–H and O–H groups in total. The number of hydrogen-bond acceptors (Lipinski definition) is 3. The molecule has 3 nitrogen and oxygen atoms in total. The summed E-state index contributed by atoms with van der Waals surface area (Å²) in [6.07, 6.45) is 3.22. The SMILES string of the molecule is O=C(N(Cc1ccsc1)Cc1ccco1)C1(c2ccc(F)cc2)CC1. The number of carbonyl (C=O) groups excluding carboxylic acids is 1. The van der Waals surface area contributed by atoms with Crippen molar-refractivity contribution < 1.29 is 13.6 Å². The molecule has 0 spiro atoms. The third-order valence-corrected chi connectivity index (χ3v) is 5.46. The van der Waals surface area contributed by atoms with Gasteiger partial charge < -0.3 is 9.32 Å². The number of nitrogens with zero attached hydrogens (tertiary/aromatic N) is 1. The van der Waals surface area contributed by atoms with Crippen LogP contribution in [0.3, 0.4) is 0 Å². The lowest BCUT2D eigenvalue weighted by Crippen LogP contribution is -2.38. The summed E-state index contributed by atoms with van der Waals surface area (Å²) in [6, 6.07) is 12.1. The molecule has 1 amide bonds. The summed E-state index contributed by atoms with van der Waals surface area (Å²) in [6.45, 7) is 0.983. The first-order valence-electron chi connectivity index (χ1n) is 8.26. The van der Waals surface area contributed by atoms with E-state index >= 15 is 0 Å². The van der Waals surface area contributed by atoms with Crippen LogP contribution in [0, 0.1) is 5.82 Å². The largest absolute Gasteiger partial charge is 0.467 e. The topological polar surface area (TPSA) is 33.5 Å². The van der Waals surface area contributed by atoms with Gasteiger partial charge in [0.05, 0.1) is 18.2 Å². The van der Waals surface area contributed by atoms with E-state index in [0.29, 0.717) is 13.1 Å². The van der Waals surface area contributed by atoms with Crippen LogP contribution >= 0.6 is 11.3 Å². The van der Waals surface area contributed by atoms with Gasteiger partial charge in [0.2, 0.25) is 5.91 Å². The zero-order valence-corrected chi connectivity index (χ0v) is 14.5. The second kappa shape index (κ2) is 6.48. The third-order valence-electron chi connectivity index (χ3n) is 4.72. The normalized spacial score (nSPS) is 15.1. The van der Waals surface area contributed by atoms with Crippen LogP contribution < -0.4 is 0 Å². The Kier molecular flexibility index (Phi) is 4.17. The van der Waals surface area contributed by atoms with Crippen LogP contribution in [0.2, 0.25) is 0 Å². The fourth-order valence-corrected chi connectivity index (χ4v) is 3.88. The van der Waals surface area contributed by atoms with E-state index in [1.807, 2.05) is 28.5 Å². The predicted molar refractivity (Wildman–Crippen MR) is 94.6 cm³/mol. The maximum atomic E-state index is 13.4. The van der Waals surface area contributed by atoms with Gasteiger partial charge >= 0.3 is 0 Å². The molecule has 128 valence electrons. The van der Waals surface area contributed by atoms with E-state index in [1.54, 1.807) is 29.7 Å². The molecule has 0 bridgehead atoms. The number of rotatable bonds is 6. The maximum absolute atomic E-state index is 13.4. The highest BCUT2D eigenvalue weighted by Gasteiger charge is 2.53. The summed E-state index contributed by atoms with van der Waals surface area (Å²) in [7, 11) is 0. The van der Waals surface area contributed by atoms with Crippen molar-refractivity contribution in [3.63, 3.8) is 0 Å². The van der Waals surface area contributed by atoms with E-state index in [9.17, 15) is 9.18 Å². The summed E-state index contributed by atoms with van der Waals surface area (Å²) in [4.78, 5) is 15.2. The molecule has 25 heavy (non-hydrogen) atoms. The van der Waals surface area contributed by atoms with Gasteiger partial charge in [-0.2, -0.15) is 11.3 Å². The van der Waals surface area contributed by atoms with Gasteiger partial charge in [0.15, 0.2) is 0 Å². The number of benzene rings is 1. The van der Waals surface area contributed by atoms with Crippen LogP contribution in [0.1, 0.15) is 29.7 Å². The first-order valence-corrected chi connectivity index (χ1v) is 9.20. The maximum Gasteiger partial charge on any atom is 0.233 e. The first-order chi connectivity index (χ1) is 12.2. The average Bonchev–Trinajstić information content (AvgIpc) is 3.01. The monoisotopic (exact) mass is 355 g/mol. The third kappa shape index (κ3) is 3.24. The second-order valence-electron chi connectivity index (χ2n) is 6.46. The molecule has 0 aliphatic heterocycles. The molecule has 4 rings (SSSR count). The smallest absolute Gasteiger partial charge is 0.233 e. The van der Waals surface area contributed by atoms with Crippen molar-refractivity contribution in [1.29, 1.82) is 0 Å². The van der Waals surface area contributed by atoms with E-state index < -0.39 is 5.41 Å². The van der Waals surface area contributed by atoms with Crippen molar-refractivity contribution in [3.8, 4) is 0 Å². The second-order valence-corrected chi connectivity index (χ2v) is 7.24. The van der Waals surface area contributed by atoms with Gasteiger partial charge in [0.1, 0.15) is 11.6 Å². The van der Waals surface area contributed by atoms with E-state index in [2.05, 4.69) is 5.38 Å². The molecule has 0 radical (unpaired) electrons. The minimum Gasteiger partial charge on any atom is -0.467 e. The van der Waals surface area contributed by atoms with Gasteiger partial charge in [-0.3, -0.25) is 4.79 Å². The van der Waals surface area contributed by atoms with Crippen LogP contribution in [0.5, 0.6) is 0 Å². The lowest BCUT2D eigenvalue weighted by molar-refractivity contribution is -0.135. The molecule has 1 aliphatic rings. The Morgan fingerprint density at radius 3 is 2.56 bits per heavy atom. The molecule has 1 aromatic carbocycles. The van der Waals surface area contributed by atoms with Crippen molar-refractivity contribution in [2.45, 2.75) is 31.3 Å². The Labute approximate surface area is 149 Å². The molecule has 1 aliphatic carbocycles. The molecule has 0 saturated heterocycles. The summed E-state index contributed by atoms with van der Waals surface area (Å²) in [5.74, 6) is 0.568. The quantitative estimate of drug-likeness (QED) is 0.640. The van der Waals surface area contributed by atoms with Crippen molar-refractivity contribution in [2.75, 3.05) is 0 Å². The molecule has 2 aromatic heterocycles. The number of halogens is 1. The van der Waals surface area contributed by atoms with Crippen LogP contribution in [-0.2, 0) is 23.3 Å². The molecule has 2 heterocycles. The predicted octanol–water partition coefficient (Wildman–Crippen LogP) is 4.74. The highest BCUT2D eigenvalue weighted by Crippen LogP contribution is 2.50. The molecule has 1 fully saturated rings. The highest BCUT2D eigenvalue weighted by atomic mass is 32.1. The van der Waals surface area contributed by atoms with Crippen LogP contribution in [0.25, 0.3) is 0 Å². The molecule has 0 atom stereocenters. The van der Waals surface area contributed by atoms with Crippen LogP contribution in [0.4, 0.5) is 4.39 Å². The Morgan fingerprint density at radius 2 is 1.96 bits per heavy atom. The van der Waals surface area contributed by atoms with Gasteiger partial charge in [0, 0.05) is 6.54 Å². The number of furan rings is 1. The lowest BCUT2D eigenvalue weighted by atomic mass is 9.94. The minimum absolute atomic E-state index is 0.0849. The summed E-state index contributed by atoms with van der Waals surface area (Å²) in [5, 5.41) is 4.07. The van der Waals surface area contributed by atoms with Gasteiger partial charge in [-0.25, -0.2) is 4.39 Å². The van der Waals surface area contributed by atoms with E-state index in [-0.39, 0.29) is 11.7 Å². The zero-order chi connectivity index (χ0) is 17.3. The fraction of sp³-hybridized carbons (Fsp3) is 0.250. The molecule has 3 aromatic rings. The number of carbonyl (C=O) groups is 1. The van der Waals surface area contributed by atoms with E-state index in [1.165, 1.54) is 12.1 Å².